The molecule has 1 unspecified atom stereocenters. The zero-order valence-electron chi connectivity index (χ0n) is 10.6. The maximum atomic E-state index is 8.78. The van der Waals surface area contributed by atoms with Gasteiger partial charge < -0.3 is 0 Å². The van der Waals surface area contributed by atoms with Crippen molar-refractivity contribution in [2.45, 2.75) is 78.1 Å². The van der Waals surface area contributed by atoms with Crippen molar-refractivity contribution in [1.82, 2.24) is 0 Å². The van der Waals surface area contributed by atoms with Gasteiger partial charge in [-0.1, -0.05) is 65.2 Å². The van der Waals surface area contributed by atoms with Crippen molar-refractivity contribution in [3.8, 4) is 6.07 Å². The Bertz CT molecular complexity index is 157. The lowest BCUT2D eigenvalue weighted by Crippen LogP contribution is -1.94. The summed E-state index contributed by atoms with van der Waals surface area (Å²) in [7, 11) is 0. The molecule has 0 fully saturated rings. The Labute approximate surface area is 95.9 Å². The van der Waals surface area contributed by atoms with Crippen LogP contribution >= 0.6 is 0 Å². The Hall–Kier alpha value is -0.510. The molecule has 1 heteroatoms. The third-order valence-electron chi connectivity index (χ3n) is 3.08. The molecule has 0 aliphatic heterocycles. The van der Waals surface area contributed by atoms with Gasteiger partial charge in [0.05, 0.1) is 6.07 Å². The van der Waals surface area contributed by atoms with Gasteiger partial charge >= 0.3 is 0 Å². The topological polar surface area (TPSA) is 23.8 Å². The summed E-state index contributed by atoms with van der Waals surface area (Å²) in [6, 6.07) is 2.37. The molecule has 0 amide bonds. The molecule has 0 aromatic heterocycles. The summed E-state index contributed by atoms with van der Waals surface area (Å²) in [6.45, 7) is 4.37. The van der Waals surface area contributed by atoms with Gasteiger partial charge in [-0.3, -0.25) is 0 Å². The van der Waals surface area contributed by atoms with E-state index in [1.807, 2.05) is 0 Å². The fourth-order valence-electron chi connectivity index (χ4n) is 1.88. The molecule has 0 heterocycles. The lowest BCUT2D eigenvalue weighted by molar-refractivity contribution is 0.511. The average molecular weight is 209 g/mol. The van der Waals surface area contributed by atoms with Crippen LogP contribution in [0.2, 0.25) is 0 Å². The molecular formula is C14H27N. The molecule has 15 heavy (non-hydrogen) atoms. The smallest absolute Gasteiger partial charge is 0.0655 e. The van der Waals surface area contributed by atoms with Crippen molar-refractivity contribution in [3.05, 3.63) is 0 Å². The summed E-state index contributed by atoms with van der Waals surface area (Å²) in [5.41, 5.74) is 0. The van der Waals surface area contributed by atoms with Crippen LogP contribution < -0.4 is 0 Å². The molecular weight excluding hydrogens is 182 g/mol. The second kappa shape index (κ2) is 11.6. The predicted octanol–water partition coefficient (Wildman–Crippen LogP) is 5.07. The second-order valence-corrected chi connectivity index (χ2v) is 4.50. The first kappa shape index (κ1) is 14.5. The van der Waals surface area contributed by atoms with Gasteiger partial charge in [-0.25, -0.2) is 0 Å². The van der Waals surface area contributed by atoms with Gasteiger partial charge in [-0.05, 0) is 12.8 Å². The largest absolute Gasteiger partial charge is 0.198 e. The Morgan fingerprint density at radius 2 is 1.40 bits per heavy atom. The van der Waals surface area contributed by atoms with Crippen LogP contribution in [0.25, 0.3) is 0 Å². The second-order valence-electron chi connectivity index (χ2n) is 4.50. The van der Waals surface area contributed by atoms with Gasteiger partial charge in [0.2, 0.25) is 0 Å². The number of hydrogen-bond donors (Lipinski definition) is 0. The zero-order chi connectivity index (χ0) is 11.4. The zero-order valence-corrected chi connectivity index (χ0v) is 10.6. The molecule has 0 saturated heterocycles. The number of nitriles is 1. The monoisotopic (exact) mass is 209 g/mol. The van der Waals surface area contributed by atoms with Gasteiger partial charge in [0.25, 0.3) is 0 Å². The molecule has 0 aromatic carbocycles. The molecule has 88 valence electrons. The number of nitrogens with zero attached hydrogens (tertiary/aromatic N) is 1. The Balaban J connectivity index is 3.08. The molecule has 0 saturated carbocycles. The highest BCUT2D eigenvalue weighted by molar-refractivity contribution is 4.80. The van der Waals surface area contributed by atoms with Crippen molar-refractivity contribution in [2.75, 3.05) is 0 Å². The maximum Gasteiger partial charge on any atom is 0.0655 e. The summed E-state index contributed by atoms with van der Waals surface area (Å²) in [5, 5.41) is 8.78. The van der Waals surface area contributed by atoms with Crippen LogP contribution in [0.5, 0.6) is 0 Å². The molecule has 0 N–H and O–H groups in total. The Morgan fingerprint density at radius 3 is 1.87 bits per heavy atom. The van der Waals surface area contributed by atoms with Gasteiger partial charge in [0.15, 0.2) is 0 Å². The quantitative estimate of drug-likeness (QED) is 0.461. The number of hydrogen-bond acceptors (Lipinski definition) is 1. The van der Waals surface area contributed by atoms with E-state index in [1.54, 1.807) is 0 Å². The standard InChI is InChI=1S/C14H27N/c1-3-5-6-7-8-9-10-11-12-14(4-2)13-15/h14H,3-12H2,1-2H3. The van der Waals surface area contributed by atoms with Crippen LogP contribution in [-0.4, -0.2) is 0 Å². The summed E-state index contributed by atoms with van der Waals surface area (Å²) in [5.74, 6) is 0.310. The van der Waals surface area contributed by atoms with E-state index >= 15 is 0 Å². The fraction of sp³-hybridized carbons (Fsp3) is 0.929. The van der Waals surface area contributed by atoms with E-state index in [9.17, 15) is 0 Å². The highest BCUT2D eigenvalue weighted by atomic mass is 14.3. The van der Waals surface area contributed by atoms with E-state index in [1.165, 1.54) is 51.4 Å². The summed E-state index contributed by atoms with van der Waals surface area (Å²) in [6.07, 6.45) is 13.0. The van der Waals surface area contributed by atoms with Crippen LogP contribution in [0.1, 0.15) is 78.1 Å². The minimum atomic E-state index is 0.310. The molecule has 1 nitrogen and oxygen atoms in total. The van der Waals surface area contributed by atoms with Gasteiger partial charge in [-0.2, -0.15) is 5.26 Å². The van der Waals surface area contributed by atoms with E-state index in [2.05, 4.69) is 19.9 Å². The maximum absolute atomic E-state index is 8.78. The number of rotatable bonds is 10. The third-order valence-corrected chi connectivity index (χ3v) is 3.08. The highest BCUT2D eigenvalue weighted by Gasteiger charge is 2.02. The molecule has 0 aliphatic rings. The van der Waals surface area contributed by atoms with E-state index in [0.717, 1.165) is 12.8 Å². The fourth-order valence-corrected chi connectivity index (χ4v) is 1.88. The first-order valence-corrected chi connectivity index (χ1v) is 6.74. The summed E-state index contributed by atoms with van der Waals surface area (Å²) < 4.78 is 0. The molecule has 0 radical (unpaired) electrons. The van der Waals surface area contributed by atoms with Crippen molar-refractivity contribution in [1.29, 1.82) is 5.26 Å². The van der Waals surface area contributed by atoms with Crippen LogP contribution in [0, 0.1) is 17.2 Å². The molecule has 0 aromatic rings. The summed E-state index contributed by atoms with van der Waals surface area (Å²) in [4.78, 5) is 0. The van der Waals surface area contributed by atoms with Crippen LogP contribution in [-0.2, 0) is 0 Å². The molecule has 0 aliphatic carbocycles. The van der Waals surface area contributed by atoms with E-state index in [-0.39, 0.29) is 0 Å². The highest BCUT2D eigenvalue weighted by Crippen LogP contribution is 2.14. The van der Waals surface area contributed by atoms with Gasteiger partial charge in [-0.15, -0.1) is 0 Å². The summed E-state index contributed by atoms with van der Waals surface area (Å²) >= 11 is 0. The molecule has 1 atom stereocenters. The molecule has 0 bridgehead atoms. The first-order chi connectivity index (χ1) is 7.35. The molecule has 0 spiro atoms. The average Bonchev–Trinajstić information content (AvgIpc) is 2.27. The van der Waals surface area contributed by atoms with Crippen molar-refractivity contribution in [3.63, 3.8) is 0 Å². The van der Waals surface area contributed by atoms with E-state index in [0.29, 0.717) is 5.92 Å². The first-order valence-electron chi connectivity index (χ1n) is 6.74. The van der Waals surface area contributed by atoms with E-state index < -0.39 is 0 Å². The van der Waals surface area contributed by atoms with Gasteiger partial charge in [0.1, 0.15) is 0 Å². The van der Waals surface area contributed by atoms with E-state index in [4.69, 9.17) is 5.26 Å². The minimum Gasteiger partial charge on any atom is -0.198 e. The number of unbranched alkanes of at least 4 members (excludes halogenated alkanes) is 7. The van der Waals surface area contributed by atoms with Crippen molar-refractivity contribution >= 4 is 0 Å². The SMILES string of the molecule is CCCCCCCCCCC(C#N)CC. The van der Waals surface area contributed by atoms with Crippen LogP contribution in [0.4, 0.5) is 0 Å². The van der Waals surface area contributed by atoms with Crippen molar-refractivity contribution < 1.29 is 0 Å². The van der Waals surface area contributed by atoms with Crippen LogP contribution in [0.3, 0.4) is 0 Å². The van der Waals surface area contributed by atoms with Crippen LogP contribution in [0.15, 0.2) is 0 Å². The molecule has 0 rings (SSSR count). The predicted molar refractivity (Wildman–Crippen MR) is 66.6 cm³/mol. The van der Waals surface area contributed by atoms with Crippen molar-refractivity contribution in [2.24, 2.45) is 5.92 Å². The minimum absolute atomic E-state index is 0.310. The van der Waals surface area contributed by atoms with Gasteiger partial charge in [0, 0.05) is 5.92 Å². The lowest BCUT2D eigenvalue weighted by Gasteiger charge is -2.05. The Kier molecular flexibility index (Phi) is 11.2. The lowest BCUT2D eigenvalue weighted by atomic mass is 9.99. The Morgan fingerprint density at radius 1 is 0.867 bits per heavy atom. The third kappa shape index (κ3) is 9.79. The normalized spacial score (nSPS) is 12.3.